The van der Waals surface area contributed by atoms with Gasteiger partial charge in [0, 0.05) is 25.4 Å². The summed E-state index contributed by atoms with van der Waals surface area (Å²) in [5.41, 5.74) is 2.70. The second-order valence-electron chi connectivity index (χ2n) is 3.88. The molecule has 0 heterocycles. The Hall–Kier alpha value is -1.02. The summed E-state index contributed by atoms with van der Waals surface area (Å²) in [6.07, 6.45) is 3.40. The van der Waals surface area contributed by atoms with Gasteiger partial charge in [0.25, 0.3) is 0 Å². The van der Waals surface area contributed by atoms with Crippen molar-refractivity contribution in [1.29, 1.82) is 0 Å². The maximum Gasteiger partial charge on any atom is 0.0482 e. The zero-order valence-electron chi connectivity index (χ0n) is 10.5. The molecule has 90 valence electrons. The van der Waals surface area contributed by atoms with Gasteiger partial charge in [0.15, 0.2) is 0 Å². The molecule has 1 N–H and O–H groups in total. The summed E-state index contributed by atoms with van der Waals surface area (Å²) in [4.78, 5) is 0. The van der Waals surface area contributed by atoms with Crippen LogP contribution in [0.15, 0.2) is 24.3 Å². The van der Waals surface area contributed by atoms with E-state index < -0.39 is 0 Å². The molecule has 1 rings (SSSR count). The summed E-state index contributed by atoms with van der Waals surface area (Å²) in [5, 5.41) is 3.48. The molecule has 1 aromatic carbocycles. The lowest BCUT2D eigenvalue weighted by Gasteiger charge is -2.11. The third kappa shape index (κ3) is 4.67. The van der Waals surface area contributed by atoms with Crippen molar-refractivity contribution in [3.05, 3.63) is 29.8 Å². The maximum atomic E-state index is 5.31. The van der Waals surface area contributed by atoms with Gasteiger partial charge >= 0.3 is 0 Å². The summed E-state index contributed by atoms with van der Waals surface area (Å²) in [6.45, 7) is 6.89. The minimum Gasteiger partial charge on any atom is -0.385 e. The third-order valence-electron chi connectivity index (χ3n) is 2.52. The van der Waals surface area contributed by atoms with Crippen molar-refractivity contribution in [2.75, 3.05) is 25.1 Å². The van der Waals surface area contributed by atoms with Gasteiger partial charge in [-0.1, -0.05) is 31.5 Å². The summed E-state index contributed by atoms with van der Waals surface area (Å²) in [7, 11) is 0. The van der Waals surface area contributed by atoms with E-state index in [0.29, 0.717) is 0 Å². The highest BCUT2D eigenvalue weighted by Gasteiger charge is 1.99. The molecule has 0 amide bonds. The zero-order chi connectivity index (χ0) is 11.6. The zero-order valence-corrected chi connectivity index (χ0v) is 10.5. The Kier molecular flexibility index (Phi) is 6.66. The fraction of sp³-hybridized carbons (Fsp3) is 0.571. The number of nitrogens with one attached hydrogen (secondary N) is 1. The van der Waals surface area contributed by atoms with Crippen LogP contribution in [0.4, 0.5) is 5.69 Å². The highest BCUT2D eigenvalue weighted by molar-refractivity contribution is 5.51. The summed E-state index contributed by atoms with van der Waals surface area (Å²) < 4.78 is 5.31. The Morgan fingerprint density at radius 3 is 2.75 bits per heavy atom. The lowest BCUT2D eigenvalue weighted by molar-refractivity contribution is 0.147. The van der Waals surface area contributed by atoms with Gasteiger partial charge in [-0.3, -0.25) is 0 Å². The van der Waals surface area contributed by atoms with Crippen molar-refractivity contribution < 1.29 is 4.74 Å². The number of aryl methyl sites for hydroxylation is 1. The molecule has 0 spiro atoms. The largest absolute Gasteiger partial charge is 0.385 e. The fourth-order valence-corrected chi connectivity index (χ4v) is 1.72. The van der Waals surface area contributed by atoms with Crippen LogP contribution < -0.4 is 5.32 Å². The van der Waals surface area contributed by atoms with E-state index >= 15 is 0 Å². The number of hydrogen-bond acceptors (Lipinski definition) is 2. The van der Waals surface area contributed by atoms with Crippen LogP contribution in [0.3, 0.4) is 0 Å². The second kappa shape index (κ2) is 8.17. The van der Waals surface area contributed by atoms with Crippen molar-refractivity contribution in [1.82, 2.24) is 0 Å². The van der Waals surface area contributed by atoms with E-state index in [0.717, 1.165) is 32.6 Å². The number of benzene rings is 1. The Morgan fingerprint density at radius 1 is 1.19 bits per heavy atom. The molecule has 2 nitrogen and oxygen atoms in total. The lowest BCUT2D eigenvalue weighted by Crippen LogP contribution is -2.07. The SMILES string of the molecule is CCCc1ccccc1NCCCOCC. The van der Waals surface area contributed by atoms with Crippen molar-refractivity contribution in [3.63, 3.8) is 0 Å². The number of hydrogen-bond donors (Lipinski definition) is 1. The quantitative estimate of drug-likeness (QED) is 0.679. The molecule has 0 bridgehead atoms. The molecule has 0 aromatic heterocycles. The van der Waals surface area contributed by atoms with Crippen LogP contribution in [0.2, 0.25) is 0 Å². The number of ether oxygens (including phenoxy) is 1. The van der Waals surface area contributed by atoms with Gasteiger partial charge in [-0.05, 0) is 31.4 Å². The Bertz CT molecular complexity index is 286. The fourth-order valence-electron chi connectivity index (χ4n) is 1.72. The molecule has 0 fully saturated rings. The molecule has 0 saturated heterocycles. The monoisotopic (exact) mass is 221 g/mol. The summed E-state index contributed by atoms with van der Waals surface area (Å²) in [5.74, 6) is 0. The van der Waals surface area contributed by atoms with Crippen molar-refractivity contribution in [3.8, 4) is 0 Å². The molecule has 0 aliphatic carbocycles. The predicted octanol–water partition coefficient (Wildman–Crippen LogP) is 3.48. The molecule has 2 heteroatoms. The highest BCUT2D eigenvalue weighted by atomic mass is 16.5. The van der Waals surface area contributed by atoms with E-state index in [1.807, 2.05) is 6.92 Å². The van der Waals surface area contributed by atoms with Crippen LogP contribution in [0.25, 0.3) is 0 Å². The molecule has 0 saturated carbocycles. The van der Waals surface area contributed by atoms with Crippen molar-refractivity contribution >= 4 is 5.69 Å². The molecule has 1 aromatic rings. The lowest BCUT2D eigenvalue weighted by atomic mass is 10.1. The van der Waals surface area contributed by atoms with Crippen molar-refractivity contribution in [2.45, 2.75) is 33.1 Å². The first-order valence-electron chi connectivity index (χ1n) is 6.28. The number of para-hydroxylation sites is 1. The molecular weight excluding hydrogens is 198 g/mol. The summed E-state index contributed by atoms with van der Waals surface area (Å²) in [6, 6.07) is 8.56. The number of anilines is 1. The van der Waals surface area contributed by atoms with Crippen LogP contribution in [0.1, 0.15) is 32.3 Å². The average Bonchev–Trinajstić information content (AvgIpc) is 2.31. The van der Waals surface area contributed by atoms with E-state index in [2.05, 4.69) is 36.5 Å². The number of rotatable bonds is 8. The maximum absolute atomic E-state index is 5.31. The molecule has 0 atom stereocenters. The van der Waals surface area contributed by atoms with Crippen LogP contribution in [0, 0.1) is 0 Å². The van der Waals surface area contributed by atoms with Gasteiger partial charge in [0.2, 0.25) is 0 Å². The molecule has 16 heavy (non-hydrogen) atoms. The first-order valence-corrected chi connectivity index (χ1v) is 6.28. The van der Waals surface area contributed by atoms with Gasteiger partial charge < -0.3 is 10.1 Å². The Balaban J connectivity index is 2.34. The van der Waals surface area contributed by atoms with Crippen molar-refractivity contribution in [2.24, 2.45) is 0 Å². The van der Waals surface area contributed by atoms with Crippen LogP contribution in [-0.4, -0.2) is 19.8 Å². The highest BCUT2D eigenvalue weighted by Crippen LogP contribution is 2.16. The molecule has 0 aliphatic heterocycles. The minimum absolute atomic E-state index is 0.812. The normalized spacial score (nSPS) is 10.4. The van der Waals surface area contributed by atoms with Gasteiger partial charge in [-0.15, -0.1) is 0 Å². The van der Waals surface area contributed by atoms with Crippen LogP contribution in [-0.2, 0) is 11.2 Å². The smallest absolute Gasteiger partial charge is 0.0482 e. The average molecular weight is 221 g/mol. The molecule has 0 unspecified atom stereocenters. The molecule has 0 aliphatic rings. The van der Waals surface area contributed by atoms with Crippen LogP contribution >= 0.6 is 0 Å². The standard InChI is InChI=1S/C14H23NO/c1-3-8-13-9-5-6-10-14(13)15-11-7-12-16-4-2/h5-6,9-10,15H,3-4,7-8,11-12H2,1-2H3. The van der Waals surface area contributed by atoms with Gasteiger partial charge in [-0.2, -0.15) is 0 Å². The van der Waals surface area contributed by atoms with E-state index in [4.69, 9.17) is 4.74 Å². The predicted molar refractivity (Wildman–Crippen MR) is 70.0 cm³/mol. The first kappa shape index (κ1) is 13.0. The van der Waals surface area contributed by atoms with E-state index in [1.54, 1.807) is 0 Å². The van der Waals surface area contributed by atoms with Crippen LogP contribution in [0.5, 0.6) is 0 Å². The van der Waals surface area contributed by atoms with E-state index in [1.165, 1.54) is 17.7 Å². The molecular formula is C14H23NO. The summed E-state index contributed by atoms with van der Waals surface area (Å²) >= 11 is 0. The van der Waals surface area contributed by atoms with E-state index in [-0.39, 0.29) is 0 Å². The van der Waals surface area contributed by atoms with Gasteiger partial charge in [-0.25, -0.2) is 0 Å². The third-order valence-corrected chi connectivity index (χ3v) is 2.52. The first-order chi connectivity index (χ1) is 7.88. The Labute approximate surface area is 99.0 Å². The minimum atomic E-state index is 0.812. The topological polar surface area (TPSA) is 21.3 Å². The van der Waals surface area contributed by atoms with E-state index in [9.17, 15) is 0 Å². The van der Waals surface area contributed by atoms with Gasteiger partial charge in [0.1, 0.15) is 0 Å². The molecule has 0 radical (unpaired) electrons. The Morgan fingerprint density at radius 2 is 2.00 bits per heavy atom. The second-order valence-corrected chi connectivity index (χ2v) is 3.88. The van der Waals surface area contributed by atoms with Gasteiger partial charge in [0.05, 0.1) is 0 Å².